The van der Waals surface area contributed by atoms with Gasteiger partial charge in [0.2, 0.25) is 0 Å². The van der Waals surface area contributed by atoms with Crippen molar-refractivity contribution < 1.29 is 13.9 Å². The molecule has 0 amide bonds. The standard InChI is InChI=1S/C19H13BrN2O4/c20-13-5-6-16-15(8-13)19(24)22(11-21-16)9-18(23)25-10-14-7-12-3-1-2-4-17(12)26-14/h1-8,11H,9-10H2. The van der Waals surface area contributed by atoms with E-state index in [-0.39, 0.29) is 18.7 Å². The van der Waals surface area contributed by atoms with Crippen LogP contribution in [-0.4, -0.2) is 15.5 Å². The molecule has 26 heavy (non-hydrogen) atoms. The predicted molar refractivity (Wildman–Crippen MR) is 99.7 cm³/mol. The van der Waals surface area contributed by atoms with E-state index in [9.17, 15) is 9.59 Å². The van der Waals surface area contributed by atoms with Gasteiger partial charge in [-0.2, -0.15) is 0 Å². The van der Waals surface area contributed by atoms with Gasteiger partial charge in [-0.3, -0.25) is 14.2 Å². The number of fused-ring (bicyclic) bond motifs is 2. The molecule has 0 aliphatic heterocycles. The Morgan fingerprint density at radius 2 is 2.04 bits per heavy atom. The summed E-state index contributed by atoms with van der Waals surface area (Å²) in [4.78, 5) is 28.8. The van der Waals surface area contributed by atoms with Crippen molar-refractivity contribution in [3.63, 3.8) is 0 Å². The highest BCUT2D eigenvalue weighted by Crippen LogP contribution is 2.19. The van der Waals surface area contributed by atoms with Gasteiger partial charge in [0, 0.05) is 9.86 Å². The van der Waals surface area contributed by atoms with Crippen LogP contribution in [0.3, 0.4) is 0 Å². The number of ether oxygens (including phenoxy) is 1. The third-order valence-electron chi connectivity index (χ3n) is 3.94. The fourth-order valence-electron chi connectivity index (χ4n) is 2.69. The summed E-state index contributed by atoms with van der Waals surface area (Å²) in [5.41, 5.74) is 1.01. The van der Waals surface area contributed by atoms with Gasteiger partial charge in [-0.15, -0.1) is 0 Å². The average molecular weight is 413 g/mol. The summed E-state index contributed by atoms with van der Waals surface area (Å²) >= 11 is 3.33. The molecule has 0 saturated heterocycles. The monoisotopic (exact) mass is 412 g/mol. The molecule has 2 heterocycles. The number of halogens is 1. The first-order valence-corrected chi connectivity index (χ1v) is 8.67. The van der Waals surface area contributed by atoms with Crippen LogP contribution in [0.2, 0.25) is 0 Å². The normalized spacial score (nSPS) is 11.1. The third-order valence-corrected chi connectivity index (χ3v) is 4.43. The number of aromatic nitrogens is 2. The Kier molecular flexibility index (Phi) is 4.30. The third kappa shape index (κ3) is 3.25. The number of furan rings is 1. The lowest BCUT2D eigenvalue weighted by Gasteiger charge is -2.07. The minimum atomic E-state index is -0.538. The van der Waals surface area contributed by atoms with Crippen molar-refractivity contribution >= 4 is 43.8 Å². The number of hydrogen-bond donors (Lipinski definition) is 0. The molecule has 4 aromatic rings. The molecule has 0 unspecified atom stereocenters. The Morgan fingerprint density at radius 1 is 1.19 bits per heavy atom. The minimum Gasteiger partial charge on any atom is -0.457 e. The molecule has 0 saturated carbocycles. The molecule has 0 atom stereocenters. The van der Waals surface area contributed by atoms with E-state index in [1.807, 2.05) is 30.3 Å². The molecule has 0 bridgehead atoms. The van der Waals surface area contributed by atoms with Crippen LogP contribution in [0.1, 0.15) is 5.76 Å². The number of carbonyl (C=O) groups excluding carboxylic acids is 1. The highest BCUT2D eigenvalue weighted by molar-refractivity contribution is 9.10. The molecular formula is C19H13BrN2O4. The Morgan fingerprint density at radius 3 is 2.88 bits per heavy atom. The summed E-state index contributed by atoms with van der Waals surface area (Å²) in [6, 6.07) is 14.6. The highest BCUT2D eigenvalue weighted by Gasteiger charge is 2.11. The van der Waals surface area contributed by atoms with Gasteiger partial charge in [0.15, 0.2) is 0 Å². The largest absolute Gasteiger partial charge is 0.457 e. The molecule has 0 radical (unpaired) electrons. The summed E-state index contributed by atoms with van der Waals surface area (Å²) < 4.78 is 12.8. The van der Waals surface area contributed by atoms with Crippen LogP contribution >= 0.6 is 15.9 Å². The van der Waals surface area contributed by atoms with E-state index in [0.29, 0.717) is 16.7 Å². The molecule has 2 aromatic carbocycles. The van der Waals surface area contributed by atoms with Crippen LogP contribution in [0.15, 0.2) is 68.5 Å². The second-order valence-corrected chi connectivity index (χ2v) is 6.67. The second-order valence-electron chi connectivity index (χ2n) is 5.75. The van der Waals surface area contributed by atoms with Crippen LogP contribution < -0.4 is 5.56 Å². The summed E-state index contributed by atoms with van der Waals surface area (Å²) in [5, 5.41) is 1.38. The number of carbonyl (C=O) groups is 1. The van der Waals surface area contributed by atoms with Gasteiger partial charge in [0.05, 0.1) is 17.2 Å². The Labute approximate surface area is 156 Å². The first kappa shape index (κ1) is 16.5. The molecule has 2 aromatic heterocycles. The number of hydrogen-bond acceptors (Lipinski definition) is 5. The van der Waals surface area contributed by atoms with Gasteiger partial charge in [-0.1, -0.05) is 34.1 Å². The van der Waals surface area contributed by atoms with E-state index in [1.54, 1.807) is 18.2 Å². The maximum absolute atomic E-state index is 12.5. The molecule has 7 heteroatoms. The van der Waals surface area contributed by atoms with Crippen molar-refractivity contribution in [1.29, 1.82) is 0 Å². The molecule has 0 N–H and O–H groups in total. The van der Waals surface area contributed by atoms with E-state index in [1.165, 1.54) is 10.9 Å². The van der Waals surface area contributed by atoms with Crippen molar-refractivity contribution in [3.8, 4) is 0 Å². The fraction of sp³-hybridized carbons (Fsp3) is 0.105. The highest BCUT2D eigenvalue weighted by atomic mass is 79.9. The number of esters is 1. The van der Waals surface area contributed by atoms with Gasteiger partial charge in [0.1, 0.15) is 24.5 Å². The van der Waals surface area contributed by atoms with Gasteiger partial charge in [-0.25, -0.2) is 4.98 Å². The van der Waals surface area contributed by atoms with Crippen molar-refractivity contribution in [2.45, 2.75) is 13.2 Å². The van der Waals surface area contributed by atoms with Crippen molar-refractivity contribution in [2.24, 2.45) is 0 Å². The molecule has 0 spiro atoms. The van der Waals surface area contributed by atoms with E-state index in [4.69, 9.17) is 9.15 Å². The van der Waals surface area contributed by atoms with Crippen LogP contribution in [0.25, 0.3) is 21.9 Å². The Bertz CT molecular complexity index is 1150. The van der Waals surface area contributed by atoms with Crippen LogP contribution in [0.4, 0.5) is 0 Å². The number of para-hydroxylation sites is 1. The fourth-order valence-corrected chi connectivity index (χ4v) is 3.05. The number of nitrogens with zero attached hydrogens (tertiary/aromatic N) is 2. The number of benzene rings is 2. The molecular weight excluding hydrogens is 400 g/mol. The quantitative estimate of drug-likeness (QED) is 0.478. The summed E-state index contributed by atoms with van der Waals surface area (Å²) in [6.07, 6.45) is 1.35. The maximum Gasteiger partial charge on any atom is 0.326 e. The van der Waals surface area contributed by atoms with E-state index in [2.05, 4.69) is 20.9 Å². The van der Waals surface area contributed by atoms with Crippen LogP contribution in [0.5, 0.6) is 0 Å². The van der Waals surface area contributed by atoms with E-state index >= 15 is 0 Å². The summed E-state index contributed by atoms with van der Waals surface area (Å²) in [7, 11) is 0. The van der Waals surface area contributed by atoms with Gasteiger partial charge < -0.3 is 9.15 Å². The lowest BCUT2D eigenvalue weighted by Crippen LogP contribution is -2.25. The molecule has 6 nitrogen and oxygen atoms in total. The Hall–Kier alpha value is -2.93. The second kappa shape index (κ2) is 6.76. The molecule has 130 valence electrons. The average Bonchev–Trinajstić information content (AvgIpc) is 3.06. The van der Waals surface area contributed by atoms with Crippen LogP contribution in [-0.2, 0) is 22.7 Å². The van der Waals surface area contributed by atoms with Crippen molar-refractivity contribution in [2.75, 3.05) is 0 Å². The van der Waals surface area contributed by atoms with Gasteiger partial charge in [0.25, 0.3) is 5.56 Å². The Balaban J connectivity index is 1.48. The van der Waals surface area contributed by atoms with Crippen LogP contribution in [0, 0.1) is 0 Å². The molecule has 4 rings (SSSR count). The molecule has 0 aliphatic carbocycles. The topological polar surface area (TPSA) is 74.3 Å². The predicted octanol–water partition coefficient (Wildman–Crippen LogP) is 3.65. The number of rotatable bonds is 4. The SMILES string of the molecule is O=C(Cn1cnc2ccc(Br)cc2c1=O)OCc1cc2ccccc2o1. The van der Waals surface area contributed by atoms with E-state index < -0.39 is 5.97 Å². The summed E-state index contributed by atoms with van der Waals surface area (Å²) in [5.74, 6) is 0.0103. The molecule has 0 fully saturated rings. The van der Waals surface area contributed by atoms with Crippen molar-refractivity contribution in [3.05, 3.63) is 75.4 Å². The minimum absolute atomic E-state index is 0.00875. The smallest absolute Gasteiger partial charge is 0.326 e. The zero-order valence-corrected chi connectivity index (χ0v) is 15.1. The lowest BCUT2D eigenvalue weighted by atomic mass is 10.2. The van der Waals surface area contributed by atoms with Gasteiger partial charge in [-0.05, 0) is 30.3 Å². The van der Waals surface area contributed by atoms with Gasteiger partial charge >= 0.3 is 5.97 Å². The van der Waals surface area contributed by atoms with E-state index in [0.717, 1.165) is 15.4 Å². The molecule has 0 aliphatic rings. The zero-order chi connectivity index (χ0) is 18.1. The van der Waals surface area contributed by atoms with Crippen molar-refractivity contribution in [1.82, 2.24) is 9.55 Å². The summed E-state index contributed by atoms with van der Waals surface area (Å²) in [6.45, 7) is -0.205. The first-order valence-electron chi connectivity index (χ1n) is 7.88. The maximum atomic E-state index is 12.5. The first-order chi connectivity index (χ1) is 12.6. The zero-order valence-electron chi connectivity index (χ0n) is 13.5. The lowest BCUT2D eigenvalue weighted by molar-refractivity contribution is -0.146.